The molecule has 1 atom stereocenters. The number of amides is 1. The average molecular weight is 421 g/mol. The first-order valence-corrected chi connectivity index (χ1v) is 10.6. The zero-order valence-corrected chi connectivity index (χ0v) is 18.2. The number of hydrogen-bond donors (Lipinski definition) is 1. The van der Waals surface area contributed by atoms with Gasteiger partial charge in [0.2, 0.25) is 5.91 Å². The molecule has 31 heavy (non-hydrogen) atoms. The van der Waals surface area contributed by atoms with E-state index in [-0.39, 0.29) is 11.8 Å². The maximum atomic E-state index is 12.9. The number of likely N-dealkylation sites (tertiary alicyclic amines) is 1. The van der Waals surface area contributed by atoms with E-state index < -0.39 is 0 Å². The van der Waals surface area contributed by atoms with Crippen molar-refractivity contribution in [2.45, 2.75) is 33.2 Å². The first kappa shape index (κ1) is 21.1. The van der Waals surface area contributed by atoms with Gasteiger partial charge >= 0.3 is 0 Å². The van der Waals surface area contributed by atoms with Crippen LogP contribution in [0.15, 0.2) is 47.0 Å². The zero-order valence-electron chi connectivity index (χ0n) is 18.2. The summed E-state index contributed by atoms with van der Waals surface area (Å²) in [5, 5.41) is 7.18. The Morgan fingerprint density at radius 1 is 1.19 bits per heavy atom. The lowest BCUT2D eigenvalue weighted by molar-refractivity contribution is -0.121. The van der Waals surface area contributed by atoms with E-state index in [1.807, 2.05) is 56.3 Å². The molecule has 1 fully saturated rings. The molecule has 2 heterocycles. The van der Waals surface area contributed by atoms with Crippen LogP contribution in [0.2, 0.25) is 0 Å². The van der Waals surface area contributed by atoms with Crippen LogP contribution in [-0.4, -0.2) is 41.1 Å². The first-order valence-electron chi connectivity index (χ1n) is 10.6. The third-order valence-corrected chi connectivity index (χ3v) is 5.62. The van der Waals surface area contributed by atoms with Crippen LogP contribution in [0, 0.1) is 19.8 Å². The summed E-state index contributed by atoms with van der Waals surface area (Å²) in [7, 11) is 1.61. The fourth-order valence-corrected chi connectivity index (χ4v) is 3.90. The normalized spacial score (nSPS) is 16.8. The highest BCUT2D eigenvalue weighted by Crippen LogP contribution is 2.27. The summed E-state index contributed by atoms with van der Waals surface area (Å²) in [6, 6.07) is 13.8. The number of rotatable bonds is 6. The van der Waals surface area contributed by atoms with Crippen LogP contribution in [-0.2, 0) is 11.3 Å². The van der Waals surface area contributed by atoms with E-state index in [9.17, 15) is 4.79 Å². The van der Waals surface area contributed by atoms with Gasteiger partial charge in [-0.3, -0.25) is 9.69 Å². The number of nitrogens with zero attached hydrogens (tertiary/aromatic N) is 3. The van der Waals surface area contributed by atoms with Gasteiger partial charge in [0.15, 0.2) is 5.82 Å². The number of aryl methyl sites for hydroxylation is 2. The van der Waals surface area contributed by atoms with Crippen LogP contribution in [0.1, 0.15) is 29.8 Å². The Balaban J connectivity index is 1.38. The SMILES string of the molecule is COc1ccc(C)cc1NC(=O)[C@@H]1CCCN(Cc2noc(-c3ccc(C)cc3)n2)C1. The van der Waals surface area contributed by atoms with Gasteiger partial charge in [-0.1, -0.05) is 28.9 Å². The van der Waals surface area contributed by atoms with E-state index in [0.717, 1.165) is 30.5 Å². The maximum absolute atomic E-state index is 12.9. The van der Waals surface area contributed by atoms with Crippen LogP contribution < -0.4 is 10.1 Å². The Morgan fingerprint density at radius 2 is 1.97 bits per heavy atom. The van der Waals surface area contributed by atoms with Gasteiger partial charge in [-0.15, -0.1) is 0 Å². The van der Waals surface area contributed by atoms with Crippen molar-refractivity contribution in [2.75, 3.05) is 25.5 Å². The minimum absolute atomic E-state index is 0.0158. The average Bonchev–Trinajstić information content (AvgIpc) is 3.23. The molecular formula is C24H28N4O3. The molecule has 1 aliphatic rings. The topological polar surface area (TPSA) is 80.5 Å². The van der Waals surface area contributed by atoms with Crippen molar-refractivity contribution in [2.24, 2.45) is 5.92 Å². The number of carbonyl (C=O) groups excluding carboxylic acids is 1. The molecule has 1 N–H and O–H groups in total. The van der Waals surface area contributed by atoms with Gasteiger partial charge in [0.1, 0.15) is 5.75 Å². The fourth-order valence-electron chi connectivity index (χ4n) is 3.90. The summed E-state index contributed by atoms with van der Waals surface area (Å²) < 4.78 is 10.8. The number of anilines is 1. The van der Waals surface area contributed by atoms with Gasteiger partial charge in [-0.2, -0.15) is 4.98 Å². The predicted molar refractivity (Wildman–Crippen MR) is 119 cm³/mol. The van der Waals surface area contributed by atoms with Crippen LogP contribution in [0.25, 0.3) is 11.5 Å². The van der Waals surface area contributed by atoms with Crippen molar-refractivity contribution in [3.63, 3.8) is 0 Å². The molecule has 3 aromatic rings. The monoisotopic (exact) mass is 420 g/mol. The molecule has 0 spiro atoms. The second-order valence-electron chi connectivity index (χ2n) is 8.15. The molecule has 0 unspecified atom stereocenters. The summed E-state index contributed by atoms with van der Waals surface area (Å²) in [4.78, 5) is 19.7. The molecule has 162 valence electrons. The largest absolute Gasteiger partial charge is 0.495 e. The van der Waals surface area contributed by atoms with E-state index in [0.29, 0.717) is 36.2 Å². The lowest BCUT2D eigenvalue weighted by Gasteiger charge is -2.31. The summed E-state index contributed by atoms with van der Waals surface area (Å²) in [6.07, 6.45) is 1.81. The third-order valence-electron chi connectivity index (χ3n) is 5.62. The van der Waals surface area contributed by atoms with Gasteiger partial charge in [-0.05, 0) is 63.1 Å². The Bertz CT molecular complexity index is 1050. The number of carbonyl (C=O) groups is 1. The summed E-state index contributed by atoms with van der Waals surface area (Å²) in [5.41, 5.74) is 3.88. The van der Waals surface area contributed by atoms with Gasteiger partial charge in [0, 0.05) is 12.1 Å². The van der Waals surface area contributed by atoms with Crippen molar-refractivity contribution in [1.82, 2.24) is 15.0 Å². The lowest BCUT2D eigenvalue weighted by Crippen LogP contribution is -2.40. The predicted octanol–water partition coefficient (Wildman–Crippen LogP) is 4.21. The highest BCUT2D eigenvalue weighted by Gasteiger charge is 2.27. The van der Waals surface area contributed by atoms with Crippen LogP contribution in [0.3, 0.4) is 0 Å². The van der Waals surface area contributed by atoms with E-state index >= 15 is 0 Å². The summed E-state index contributed by atoms with van der Waals surface area (Å²) in [5.74, 6) is 1.75. The highest BCUT2D eigenvalue weighted by molar-refractivity contribution is 5.94. The molecule has 0 saturated carbocycles. The Kier molecular flexibility index (Phi) is 6.32. The smallest absolute Gasteiger partial charge is 0.257 e. The molecule has 0 radical (unpaired) electrons. The molecule has 1 aliphatic heterocycles. The number of methoxy groups -OCH3 is 1. The number of nitrogens with one attached hydrogen (secondary N) is 1. The molecule has 2 aromatic carbocycles. The Labute approximate surface area is 182 Å². The maximum Gasteiger partial charge on any atom is 0.257 e. The highest BCUT2D eigenvalue weighted by atomic mass is 16.5. The van der Waals surface area contributed by atoms with Crippen molar-refractivity contribution >= 4 is 11.6 Å². The molecular weight excluding hydrogens is 392 g/mol. The minimum atomic E-state index is -0.0950. The summed E-state index contributed by atoms with van der Waals surface area (Å²) >= 11 is 0. The van der Waals surface area contributed by atoms with Gasteiger partial charge in [0.05, 0.1) is 25.3 Å². The third kappa shape index (κ3) is 5.11. The number of benzene rings is 2. The van der Waals surface area contributed by atoms with E-state index in [1.165, 1.54) is 5.56 Å². The first-order chi connectivity index (χ1) is 15.0. The Morgan fingerprint density at radius 3 is 2.74 bits per heavy atom. The Hall–Kier alpha value is -3.19. The minimum Gasteiger partial charge on any atom is -0.495 e. The summed E-state index contributed by atoms with van der Waals surface area (Å²) in [6.45, 7) is 6.17. The van der Waals surface area contributed by atoms with Crippen molar-refractivity contribution in [1.29, 1.82) is 0 Å². The van der Waals surface area contributed by atoms with E-state index in [1.54, 1.807) is 7.11 Å². The van der Waals surface area contributed by atoms with Crippen molar-refractivity contribution < 1.29 is 14.1 Å². The number of piperidine rings is 1. The molecule has 1 amide bonds. The quantitative estimate of drug-likeness (QED) is 0.643. The second kappa shape index (κ2) is 9.31. The van der Waals surface area contributed by atoms with Gasteiger partial charge in [-0.25, -0.2) is 0 Å². The molecule has 1 aromatic heterocycles. The van der Waals surface area contributed by atoms with Crippen LogP contribution in [0.4, 0.5) is 5.69 Å². The van der Waals surface area contributed by atoms with Crippen molar-refractivity contribution in [3.05, 3.63) is 59.4 Å². The molecule has 4 rings (SSSR count). The fraction of sp³-hybridized carbons (Fsp3) is 0.375. The number of hydrogen-bond acceptors (Lipinski definition) is 6. The van der Waals surface area contributed by atoms with E-state index in [2.05, 4.69) is 20.4 Å². The number of aromatic nitrogens is 2. The van der Waals surface area contributed by atoms with E-state index in [4.69, 9.17) is 9.26 Å². The van der Waals surface area contributed by atoms with Crippen LogP contribution >= 0.6 is 0 Å². The van der Waals surface area contributed by atoms with Gasteiger partial charge < -0.3 is 14.6 Å². The second-order valence-corrected chi connectivity index (χ2v) is 8.15. The molecule has 0 bridgehead atoms. The lowest BCUT2D eigenvalue weighted by atomic mass is 9.97. The van der Waals surface area contributed by atoms with Crippen LogP contribution in [0.5, 0.6) is 5.75 Å². The molecule has 1 saturated heterocycles. The molecule has 7 nitrogen and oxygen atoms in total. The van der Waals surface area contributed by atoms with Gasteiger partial charge in [0.25, 0.3) is 5.89 Å². The molecule has 7 heteroatoms. The molecule has 0 aliphatic carbocycles. The van der Waals surface area contributed by atoms with Crippen molar-refractivity contribution in [3.8, 4) is 17.2 Å². The standard InChI is InChI=1S/C24H28N4O3/c1-16-6-9-18(10-7-16)24-26-22(27-31-24)15-28-12-4-5-19(14-28)23(29)25-20-13-17(2)8-11-21(20)30-3/h6-11,13,19H,4-5,12,14-15H2,1-3H3,(H,25,29)/t19-/m1/s1. The zero-order chi connectivity index (χ0) is 21.8. The number of ether oxygens (including phenoxy) is 1.